The third-order valence-electron chi connectivity index (χ3n) is 4.78. The lowest BCUT2D eigenvalue weighted by molar-refractivity contribution is 0.0348. The van der Waals surface area contributed by atoms with E-state index in [1.165, 1.54) is 12.8 Å². The number of carbonyl (C=O) groups is 1. The number of hydrogen-bond acceptors (Lipinski definition) is 3. The number of ether oxygens (including phenoxy) is 1. The molecular weight excluding hydrogens is 288 g/mol. The summed E-state index contributed by atoms with van der Waals surface area (Å²) in [5.41, 5.74) is 1.57. The van der Waals surface area contributed by atoms with E-state index in [4.69, 9.17) is 16.3 Å². The van der Waals surface area contributed by atoms with Gasteiger partial charge in [0.2, 0.25) is 0 Å². The summed E-state index contributed by atoms with van der Waals surface area (Å²) in [5, 5.41) is 3.32. The maximum Gasteiger partial charge on any atom is 0.411 e. The average molecular weight is 309 g/mol. The fraction of sp³-hybridized carbons (Fsp3) is 0.562. The van der Waals surface area contributed by atoms with Crippen LogP contribution in [-0.2, 0) is 4.74 Å². The van der Waals surface area contributed by atoms with Gasteiger partial charge in [-0.05, 0) is 38.4 Å². The van der Waals surface area contributed by atoms with Crippen LogP contribution in [0.4, 0.5) is 10.5 Å². The Morgan fingerprint density at radius 3 is 2.62 bits per heavy atom. The molecule has 2 unspecified atom stereocenters. The molecular formula is C16H21ClN2O2. The van der Waals surface area contributed by atoms with Crippen LogP contribution < -0.4 is 5.32 Å². The number of fused-ring (bicyclic) bond motifs is 2. The monoisotopic (exact) mass is 308 g/mol. The molecule has 2 atom stereocenters. The van der Waals surface area contributed by atoms with E-state index in [9.17, 15) is 4.79 Å². The van der Waals surface area contributed by atoms with Crippen molar-refractivity contribution in [2.24, 2.45) is 0 Å². The zero-order chi connectivity index (χ0) is 15.0. The van der Waals surface area contributed by atoms with Crippen LogP contribution in [0.1, 0.15) is 31.2 Å². The van der Waals surface area contributed by atoms with Crippen molar-refractivity contribution in [3.8, 4) is 0 Å². The molecule has 2 aliphatic rings. The van der Waals surface area contributed by atoms with Crippen LogP contribution in [-0.4, -0.2) is 36.2 Å². The summed E-state index contributed by atoms with van der Waals surface area (Å²) < 4.78 is 5.60. The molecule has 0 saturated carbocycles. The second kappa shape index (κ2) is 5.85. The van der Waals surface area contributed by atoms with Crippen molar-refractivity contribution >= 4 is 23.4 Å². The highest BCUT2D eigenvalue weighted by Gasteiger charge is 2.39. The average Bonchev–Trinajstić information content (AvgIpc) is 2.65. The quantitative estimate of drug-likeness (QED) is 0.903. The second-order valence-electron chi connectivity index (χ2n) is 6.11. The number of halogens is 1. The fourth-order valence-electron chi connectivity index (χ4n) is 3.53. The van der Waals surface area contributed by atoms with Gasteiger partial charge in [0, 0.05) is 24.9 Å². The molecule has 5 heteroatoms. The number of hydrogen-bond donors (Lipinski definition) is 1. The minimum absolute atomic E-state index is 0.0153. The molecule has 1 N–H and O–H groups in total. The Kier molecular flexibility index (Phi) is 4.09. The van der Waals surface area contributed by atoms with Crippen molar-refractivity contribution in [1.29, 1.82) is 0 Å². The Balaban J connectivity index is 1.60. The van der Waals surface area contributed by atoms with Crippen molar-refractivity contribution in [2.45, 2.75) is 50.8 Å². The number of aryl methyl sites for hydroxylation is 1. The van der Waals surface area contributed by atoms with Gasteiger partial charge in [-0.3, -0.25) is 5.32 Å². The van der Waals surface area contributed by atoms with Crippen LogP contribution in [0.15, 0.2) is 18.2 Å². The topological polar surface area (TPSA) is 41.6 Å². The van der Waals surface area contributed by atoms with E-state index < -0.39 is 6.09 Å². The SMILES string of the molecule is Cc1cccc(Cl)c1NC(=O)OC1CC2CCC(C1)N2C. The van der Waals surface area contributed by atoms with Gasteiger partial charge >= 0.3 is 6.09 Å². The van der Waals surface area contributed by atoms with E-state index in [2.05, 4.69) is 17.3 Å². The highest BCUT2D eigenvalue weighted by Crippen LogP contribution is 2.35. The molecule has 2 heterocycles. The Labute approximate surface area is 130 Å². The van der Waals surface area contributed by atoms with Crippen molar-refractivity contribution < 1.29 is 9.53 Å². The Hall–Kier alpha value is -1.26. The van der Waals surface area contributed by atoms with Gasteiger partial charge in [0.15, 0.2) is 0 Å². The van der Waals surface area contributed by atoms with Crippen LogP contribution in [0, 0.1) is 6.92 Å². The Bertz CT molecular complexity index is 515. The summed E-state index contributed by atoms with van der Waals surface area (Å²) in [6.45, 7) is 1.91. The van der Waals surface area contributed by atoms with Gasteiger partial charge in [0.05, 0.1) is 10.7 Å². The molecule has 2 aliphatic heterocycles. The number of nitrogens with one attached hydrogen (secondary N) is 1. The number of piperidine rings is 1. The van der Waals surface area contributed by atoms with Crippen LogP contribution in [0.5, 0.6) is 0 Å². The van der Waals surface area contributed by atoms with Crippen LogP contribution in [0.3, 0.4) is 0 Å². The predicted octanol–water partition coefficient (Wildman–Crippen LogP) is 3.82. The molecule has 0 radical (unpaired) electrons. The minimum atomic E-state index is -0.403. The fourth-order valence-corrected chi connectivity index (χ4v) is 3.80. The first kappa shape index (κ1) is 14.7. The van der Waals surface area contributed by atoms with E-state index in [1.807, 2.05) is 19.1 Å². The highest BCUT2D eigenvalue weighted by molar-refractivity contribution is 6.33. The maximum absolute atomic E-state index is 12.1. The molecule has 0 spiro atoms. The van der Waals surface area contributed by atoms with Crippen LogP contribution in [0.25, 0.3) is 0 Å². The van der Waals surface area contributed by atoms with Gasteiger partial charge in [-0.15, -0.1) is 0 Å². The van der Waals surface area contributed by atoms with E-state index in [0.717, 1.165) is 18.4 Å². The van der Waals surface area contributed by atoms with Gasteiger partial charge in [0.25, 0.3) is 0 Å². The van der Waals surface area contributed by atoms with Crippen LogP contribution in [0.2, 0.25) is 5.02 Å². The molecule has 1 amide bonds. The normalized spacial score (nSPS) is 28.4. The number of benzene rings is 1. The minimum Gasteiger partial charge on any atom is -0.446 e. The zero-order valence-electron chi connectivity index (χ0n) is 12.4. The van der Waals surface area contributed by atoms with Crippen molar-refractivity contribution in [1.82, 2.24) is 4.90 Å². The first-order chi connectivity index (χ1) is 10.0. The Morgan fingerprint density at radius 2 is 2.00 bits per heavy atom. The third-order valence-corrected chi connectivity index (χ3v) is 5.09. The van der Waals surface area contributed by atoms with E-state index in [0.29, 0.717) is 22.8 Å². The lowest BCUT2D eigenvalue weighted by atomic mass is 10.0. The van der Waals surface area contributed by atoms with E-state index >= 15 is 0 Å². The number of para-hydroxylation sites is 1. The third kappa shape index (κ3) is 3.01. The summed E-state index contributed by atoms with van der Waals surface area (Å²) in [4.78, 5) is 14.5. The number of anilines is 1. The van der Waals surface area contributed by atoms with Gasteiger partial charge in [0.1, 0.15) is 6.10 Å². The first-order valence-electron chi connectivity index (χ1n) is 7.49. The van der Waals surface area contributed by atoms with Gasteiger partial charge in [-0.1, -0.05) is 23.7 Å². The van der Waals surface area contributed by atoms with Gasteiger partial charge < -0.3 is 9.64 Å². The van der Waals surface area contributed by atoms with Gasteiger partial charge in [-0.2, -0.15) is 0 Å². The predicted molar refractivity (Wildman–Crippen MR) is 83.9 cm³/mol. The first-order valence-corrected chi connectivity index (χ1v) is 7.87. The molecule has 1 aromatic rings. The number of amides is 1. The second-order valence-corrected chi connectivity index (χ2v) is 6.51. The van der Waals surface area contributed by atoms with Crippen LogP contribution >= 0.6 is 11.6 Å². The van der Waals surface area contributed by atoms with Crippen molar-refractivity contribution in [3.63, 3.8) is 0 Å². The molecule has 0 aliphatic carbocycles. The Morgan fingerprint density at radius 1 is 1.33 bits per heavy atom. The summed E-state index contributed by atoms with van der Waals surface area (Å²) in [7, 11) is 2.17. The van der Waals surface area contributed by atoms with E-state index in [1.54, 1.807) is 6.07 Å². The summed E-state index contributed by atoms with van der Waals surface area (Å²) in [5.74, 6) is 0. The number of carbonyl (C=O) groups excluding carboxylic acids is 1. The van der Waals surface area contributed by atoms with E-state index in [-0.39, 0.29) is 6.10 Å². The molecule has 114 valence electrons. The molecule has 1 aromatic carbocycles. The number of nitrogens with zero attached hydrogens (tertiary/aromatic N) is 1. The molecule has 2 saturated heterocycles. The largest absolute Gasteiger partial charge is 0.446 e. The molecule has 0 aromatic heterocycles. The smallest absolute Gasteiger partial charge is 0.411 e. The lowest BCUT2D eigenvalue weighted by Crippen LogP contribution is -2.43. The summed E-state index contributed by atoms with van der Waals surface area (Å²) >= 11 is 6.11. The van der Waals surface area contributed by atoms with Gasteiger partial charge in [-0.25, -0.2) is 4.79 Å². The molecule has 4 nitrogen and oxygen atoms in total. The molecule has 2 fully saturated rings. The number of rotatable bonds is 2. The summed E-state index contributed by atoms with van der Waals surface area (Å²) in [6, 6.07) is 6.66. The lowest BCUT2D eigenvalue weighted by Gasteiger charge is -2.35. The molecule has 2 bridgehead atoms. The standard InChI is InChI=1S/C16H21ClN2O2/c1-10-4-3-5-14(17)15(10)18-16(20)21-13-8-11-6-7-12(9-13)19(11)2/h3-5,11-13H,6-9H2,1-2H3,(H,18,20). The molecule has 21 heavy (non-hydrogen) atoms. The maximum atomic E-state index is 12.1. The summed E-state index contributed by atoms with van der Waals surface area (Å²) in [6.07, 6.45) is 3.91. The van der Waals surface area contributed by atoms with Crippen molar-refractivity contribution in [2.75, 3.05) is 12.4 Å². The zero-order valence-corrected chi connectivity index (χ0v) is 13.2. The van der Waals surface area contributed by atoms with Crippen molar-refractivity contribution in [3.05, 3.63) is 28.8 Å². The highest BCUT2D eigenvalue weighted by atomic mass is 35.5. The molecule has 3 rings (SSSR count).